The lowest BCUT2D eigenvalue weighted by atomic mass is 10.1. The van der Waals surface area contributed by atoms with E-state index in [0.717, 1.165) is 16.8 Å². The molecule has 0 spiro atoms. The molecule has 0 amide bonds. The predicted molar refractivity (Wildman–Crippen MR) is 112 cm³/mol. The van der Waals surface area contributed by atoms with Crippen molar-refractivity contribution in [2.24, 2.45) is 0 Å². The Labute approximate surface area is 169 Å². The lowest BCUT2D eigenvalue weighted by Crippen LogP contribution is -2.28. The lowest BCUT2D eigenvalue weighted by molar-refractivity contribution is 0.0601. The Morgan fingerprint density at radius 1 is 1.00 bits per heavy atom. The number of aryl methyl sites for hydroxylation is 1. The summed E-state index contributed by atoms with van der Waals surface area (Å²) in [5, 5.41) is 6.65. The zero-order valence-electron chi connectivity index (χ0n) is 16.5. The molecule has 8 heteroatoms. The van der Waals surface area contributed by atoms with Crippen LogP contribution in [0, 0.1) is 6.92 Å². The van der Waals surface area contributed by atoms with Crippen LogP contribution in [0.25, 0.3) is 0 Å². The highest BCUT2D eigenvalue weighted by atomic mass is 32.1. The topological polar surface area (TPSA) is 78.1 Å². The summed E-state index contributed by atoms with van der Waals surface area (Å²) in [5.41, 5.74) is 3.02. The molecule has 0 saturated carbocycles. The Morgan fingerprint density at radius 3 is 2.18 bits per heavy atom. The van der Waals surface area contributed by atoms with Gasteiger partial charge in [-0.2, -0.15) is 0 Å². The van der Waals surface area contributed by atoms with Gasteiger partial charge in [0.05, 0.1) is 34.0 Å². The molecule has 0 heterocycles. The summed E-state index contributed by atoms with van der Waals surface area (Å²) in [7, 11) is 6.04. The molecule has 150 valence electrons. The Bertz CT molecular complexity index is 845. The molecule has 0 radical (unpaired) electrons. The molecule has 0 bridgehead atoms. The van der Waals surface area contributed by atoms with E-state index in [-0.39, 0.29) is 0 Å². The van der Waals surface area contributed by atoms with Crippen molar-refractivity contribution in [1.29, 1.82) is 0 Å². The fourth-order valence-electron chi connectivity index (χ4n) is 2.59. The van der Waals surface area contributed by atoms with E-state index >= 15 is 0 Å². The molecule has 0 aliphatic rings. The van der Waals surface area contributed by atoms with Crippen molar-refractivity contribution < 1.29 is 23.7 Å². The van der Waals surface area contributed by atoms with Crippen LogP contribution in [-0.2, 0) is 11.3 Å². The lowest BCUT2D eigenvalue weighted by Gasteiger charge is -2.16. The molecule has 0 aromatic heterocycles. The van der Waals surface area contributed by atoms with Gasteiger partial charge in [-0.15, -0.1) is 0 Å². The largest absolute Gasteiger partial charge is 0.493 e. The molecular formula is C20H24N2O5S. The summed E-state index contributed by atoms with van der Waals surface area (Å²) in [6.45, 7) is 2.36. The maximum absolute atomic E-state index is 11.7. The molecular weight excluding hydrogens is 380 g/mol. The molecule has 0 aliphatic carbocycles. The fraction of sp³-hybridized carbons (Fsp3) is 0.300. The third-order valence-corrected chi connectivity index (χ3v) is 4.33. The number of benzene rings is 2. The number of esters is 1. The molecule has 0 atom stereocenters. The number of hydrogen-bond acceptors (Lipinski definition) is 6. The summed E-state index contributed by atoms with van der Waals surface area (Å²) >= 11 is 5.38. The van der Waals surface area contributed by atoms with E-state index in [1.54, 1.807) is 33.5 Å². The second-order valence-corrected chi connectivity index (χ2v) is 6.27. The van der Waals surface area contributed by atoms with Gasteiger partial charge in [-0.1, -0.05) is 6.07 Å². The number of hydrogen-bond donors (Lipinski definition) is 2. The SMILES string of the molecule is COC(=O)c1ccc(C)c(NC(=S)NCc2cc(OC)c(OC)c(OC)c2)c1. The van der Waals surface area contributed by atoms with E-state index in [9.17, 15) is 4.79 Å². The van der Waals surface area contributed by atoms with Crippen LogP contribution < -0.4 is 24.8 Å². The van der Waals surface area contributed by atoms with Gasteiger partial charge in [0, 0.05) is 12.2 Å². The zero-order chi connectivity index (χ0) is 20.7. The molecule has 0 saturated heterocycles. The average Bonchev–Trinajstić information content (AvgIpc) is 2.72. The van der Waals surface area contributed by atoms with Crippen LogP contribution >= 0.6 is 12.2 Å². The highest BCUT2D eigenvalue weighted by Gasteiger charge is 2.14. The molecule has 0 unspecified atom stereocenters. The molecule has 28 heavy (non-hydrogen) atoms. The van der Waals surface area contributed by atoms with E-state index in [2.05, 4.69) is 10.6 Å². The highest BCUT2D eigenvalue weighted by Crippen LogP contribution is 2.38. The van der Waals surface area contributed by atoms with Gasteiger partial charge in [0.2, 0.25) is 5.75 Å². The fourth-order valence-corrected chi connectivity index (χ4v) is 2.77. The van der Waals surface area contributed by atoms with Crippen molar-refractivity contribution in [3.05, 3.63) is 47.0 Å². The van der Waals surface area contributed by atoms with E-state index in [0.29, 0.717) is 34.5 Å². The number of carbonyl (C=O) groups excluding carboxylic acids is 1. The number of anilines is 1. The van der Waals surface area contributed by atoms with E-state index in [1.165, 1.54) is 7.11 Å². The quantitative estimate of drug-likeness (QED) is 0.538. The number of methoxy groups -OCH3 is 4. The van der Waals surface area contributed by atoms with Crippen molar-refractivity contribution >= 4 is 29.0 Å². The first-order valence-electron chi connectivity index (χ1n) is 8.46. The second kappa shape index (κ2) is 9.80. The molecule has 7 nitrogen and oxygen atoms in total. The van der Waals surface area contributed by atoms with Gasteiger partial charge in [0.1, 0.15) is 0 Å². The van der Waals surface area contributed by atoms with Crippen molar-refractivity contribution in [3.8, 4) is 17.2 Å². The minimum atomic E-state index is -0.403. The van der Waals surface area contributed by atoms with Crippen molar-refractivity contribution in [3.63, 3.8) is 0 Å². The zero-order valence-corrected chi connectivity index (χ0v) is 17.4. The van der Waals surface area contributed by atoms with Gasteiger partial charge in [-0.05, 0) is 54.5 Å². The van der Waals surface area contributed by atoms with Crippen LogP contribution in [0.1, 0.15) is 21.5 Å². The summed E-state index contributed by atoms with van der Waals surface area (Å²) in [4.78, 5) is 11.7. The summed E-state index contributed by atoms with van der Waals surface area (Å²) in [5.74, 6) is 1.27. The van der Waals surface area contributed by atoms with Crippen molar-refractivity contribution in [1.82, 2.24) is 5.32 Å². The minimum Gasteiger partial charge on any atom is -0.493 e. The third kappa shape index (κ3) is 5.04. The van der Waals surface area contributed by atoms with Crippen molar-refractivity contribution in [2.75, 3.05) is 33.8 Å². The smallest absolute Gasteiger partial charge is 0.337 e. The molecule has 2 rings (SSSR count). The monoisotopic (exact) mass is 404 g/mol. The first-order valence-corrected chi connectivity index (χ1v) is 8.87. The van der Waals surface area contributed by atoms with Gasteiger partial charge in [0.25, 0.3) is 0 Å². The Balaban J connectivity index is 2.10. The van der Waals surface area contributed by atoms with E-state index in [1.807, 2.05) is 25.1 Å². The second-order valence-electron chi connectivity index (χ2n) is 5.86. The summed E-state index contributed by atoms with van der Waals surface area (Å²) < 4.78 is 20.8. The van der Waals surface area contributed by atoms with Crippen LogP contribution in [0.4, 0.5) is 5.69 Å². The number of rotatable bonds is 7. The maximum atomic E-state index is 11.7. The van der Waals surface area contributed by atoms with Gasteiger partial charge < -0.3 is 29.6 Å². The average molecular weight is 404 g/mol. The minimum absolute atomic E-state index is 0.403. The number of thiocarbonyl (C=S) groups is 1. The molecule has 0 aliphatic heterocycles. The molecule has 0 fully saturated rings. The third-order valence-electron chi connectivity index (χ3n) is 4.08. The van der Waals surface area contributed by atoms with Gasteiger partial charge in [-0.3, -0.25) is 0 Å². The van der Waals surface area contributed by atoms with Gasteiger partial charge in [0.15, 0.2) is 16.6 Å². The van der Waals surface area contributed by atoms with Crippen molar-refractivity contribution in [2.45, 2.75) is 13.5 Å². The number of nitrogens with one attached hydrogen (secondary N) is 2. The van der Waals surface area contributed by atoms with Gasteiger partial charge in [-0.25, -0.2) is 4.79 Å². The molecule has 2 aromatic rings. The summed E-state index contributed by atoms with van der Waals surface area (Å²) in [6.07, 6.45) is 0. The standard InChI is InChI=1S/C20H24N2O5S/c1-12-6-7-14(19(23)27-5)10-15(12)22-20(28)21-11-13-8-16(24-2)18(26-4)17(9-13)25-3/h6-10H,11H2,1-5H3,(H2,21,22,28). The first-order chi connectivity index (χ1) is 13.4. The Kier molecular flexibility index (Phi) is 7.45. The Morgan fingerprint density at radius 2 is 1.64 bits per heavy atom. The van der Waals surface area contributed by atoms with Crippen LogP contribution in [-0.4, -0.2) is 39.5 Å². The van der Waals surface area contributed by atoms with Crippen LogP contribution in [0.15, 0.2) is 30.3 Å². The number of ether oxygens (including phenoxy) is 4. The molecule has 2 aromatic carbocycles. The summed E-state index contributed by atoms with van der Waals surface area (Å²) in [6, 6.07) is 8.93. The van der Waals surface area contributed by atoms with Crippen LogP contribution in [0.2, 0.25) is 0 Å². The number of carbonyl (C=O) groups is 1. The molecule has 2 N–H and O–H groups in total. The van der Waals surface area contributed by atoms with E-state index < -0.39 is 5.97 Å². The Hall–Kier alpha value is -3.00. The van der Waals surface area contributed by atoms with Gasteiger partial charge >= 0.3 is 5.97 Å². The predicted octanol–water partition coefficient (Wildman–Crippen LogP) is 3.29. The highest BCUT2D eigenvalue weighted by molar-refractivity contribution is 7.80. The van der Waals surface area contributed by atoms with E-state index in [4.69, 9.17) is 31.2 Å². The first kappa shape index (κ1) is 21.3. The van der Waals surface area contributed by atoms with Crippen LogP contribution in [0.5, 0.6) is 17.2 Å². The van der Waals surface area contributed by atoms with Crippen LogP contribution in [0.3, 0.4) is 0 Å². The maximum Gasteiger partial charge on any atom is 0.337 e. The normalized spacial score (nSPS) is 10.0.